The lowest BCUT2D eigenvalue weighted by molar-refractivity contribution is -0.136. The summed E-state index contributed by atoms with van der Waals surface area (Å²) in [6, 6.07) is 1.99. The fourth-order valence-electron chi connectivity index (χ4n) is 1.42. The minimum atomic E-state index is -4.70. The first kappa shape index (κ1) is 15.8. The summed E-state index contributed by atoms with van der Waals surface area (Å²) in [7, 11) is -4.60. The first-order chi connectivity index (χ1) is 8.68. The number of hydrogen-bond acceptors (Lipinski definition) is 3. The third-order valence-corrected chi connectivity index (χ3v) is 3.92. The molecule has 19 heavy (non-hydrogen) atoms. The number of alkyl halides is 3. The highest BCUT2D eigenvalue weighted by Crippen LogP contribution is 2.23. The Morgan fingerprint density at radius 2 is 2.00 bits per heavy atom. The van der Waals surface area contributed by atoms with Crippen LogP contribution in [0.2, 0.25) is 0 Å². The lowest BCUT2D eigenvalue weighted by Crippen LogP contribution is -2.40. The zero-order valence-corrected chi connectivity index (χ0v) is 10.8. The molecule has 0 fully saturated rings. The van der Waals surface area contributed by atoms with Crippen LogP contribution in [0, 0.1) is 5.82 Å². The number of rotatable bonds is 5. The summed E-state index contributed by atoms with van der Waals surface area (Å²) in [6.45, 7) is -0.509. The average molecular weight is 300 g/mol. The lowest BCUT2D eigenvalue weighted by atomic mass is 10.5. The molecule has 0 aliphatic heterocycles. The van der Waals surface area contributed by atoms with Gasteiger partial charge in [-0.1, -0.05) is 6.92 Å². The second-order valence-corrected chi connectivity index (χ2v) is 5.60. The van der Waals surface area contributed by atoms with Crippen LogP contribution >= 0.6 is 0 Å². The summed E-state index contributed by atoms with van der Waals surface area (Å²) in [5, 5.41) is -0.993. The summed E-state index contributed by atoms with van der Waals surface area (Å²) in [5.41, 5.74) is 0. The Morgan fingerprint density at radius 3 is 2.47 bits per heavy atom. The Labute approximate surface area is 108 Å². The van der Waals surface area contributed by atoms with Gasteiger partial charge in [-0.05, 0) is 18.6 Å². The second kappa shape index (κ2) is 5.83. The van der Waals surface area contributed by atoms with E-state index in [4.69, 9.17) is 0 Å². The van der Waals surface area contributed by atoms with E-state index in [9.17, 15) is 26.0 Å². The normalized spacial score (nSPS) is 12.9. The number of pyridine rings is 1. The van der Waals surface area contributed by atoms with Crippen LogP contribution in [0.4, 0.5) is 17.6 Å². The number of aromatic nitrogens is 1. The van der Waals surface area contributed by atoms with Gasteiger partial charge < -0.3 is 0 Å². The fraction of sp³-hybridized carbons (Fsp3) is 0.500. The van der Waals surface area contributed by atoms with Gasteiger partial charge >= 0.3 is 6.18 Å². The van der Waals surface area contributed by atoms with Crippen LogP contribution in [-0.2, 0) is 10.0 Å². The van der Waals surface area contributed by atoms with E-state index in [0.29, 0.717) is 0 Å². The van der Waals surface area contributed by atoms with Crippen molar-refractivity contribution in [2.24, 2.45) is 0 Å². The van der Waals surface area contributed by atoms with E-state index in [2.05, 4.69) is 4.98 Å². The molecule has 0 aliphatic rings. The molecule has 0 N–H and O–H groups in total. The molecule has 0 atom stereocenters. The number of sulfonamides is 1. The van der Waals surface area contributed by atoms with Gasteiger partial charge in [-0.25, -0.2) is 17.8 Å². The van der Waals surface area contributed by atoms with E-state index in [1.54, 1.807) is 0 Å². The maximum atomic E-state index is 13.4. The molecule has 0 radical (unpaired) electrons. The maximum absolute atomic E-state index is 13.4. The standard InChI is InChI=1S/C10H12F4N2O2S/c1-2-6-16(7-10(12,13)14)19(17,18)9-8(11)4-3-5-15-9/h3-5H,2,6-7H2,1H3. The van der Waals surface area contributed by atoms with E-state index in [1.807, 2.05) is 0 Å². The van der Waals surface area contributed by atoms with Crippen molar-refractivity contribution in [1.29, 1.82) is 0 Å². The van der Waals surface area contributed by atoms with Crippen LogP contribution in [0.15, 0.2) is 23.4 Å². The van der Waals surface area contributed by atoms with Gasteiger partial charge in [0.2, 0.25) is 5.03 Å². The van der Waals surface area contributed by atoms with Crippen molar-refractivity contribution in [3.05, 3.63) is 24.1 Å². The monoisotopic (exact) mass is 300 g/mol. The van der Waals surface area contributed by atoms with Gasteiger partial charge in [-0.15, -0.1) is 0 Å². The van der Waals surface area contributed by atoms with Crippen molar-refractivity contribution in [3.8, 4) is 0 Å². The van der Waals surface area contributed by atoms with Crippen LogP contribution < -0.4 is 0 Å². The van der Waals surface area contributed by atoms with Crippen molar-refractivity contribution in [1.82, 2.24) is 9.29 Å². The topological polar surface area (TPSA) is 50.3 Å². The predicted octanol–water partition coefficient (Wildman–Crippen LogP) is 2.18. The highest BCUT2D eigenvalue weighted by atomic mass is 32.2. The first-order valence-corrected chi connectivity index (χ1v) is 6.80. The molecule has 9 heteroatoms. The molecular formula is C10H12F4N2O2S. The van der Waals surface area contributed by atoms with Gasteiger partial charge in [-0.3, -0.25) is 0 Å². The van der Waals surface area contributed by atoms with Crippen molar-refractivity contribution < 1.29 is 26.0 Å². The van der Waals surface area contributed by atoms with Crippen LogP contribution in [0.1, 0.15) is 13.3 Å². The van der Waals surface area contributed by atoms with Gasteiger partial charge in [-0.2, -0.15) is 17.5 Å². The molecule has 0 aliphatic carbocycles. The maximum Gasteiger partial charge on any atom is 0.402 e. The third-order valence-electron chi connectivity index (χ3n) is 2.14. The molecule has 0 unspecified atom stereocenters. The summed E-state index contributed by atoms with van der Waals surface area (Å²) in [6.07, 6.45) is -3.52. The van der Waals surface area contributed by atoms with Crippen LogP contribution in [0.25, 0.3) is 0 Å². The van der Waals surface area contributed by atoms with E-state index < -0.39 is 33.6 Å². The van der Waals surface area contributed by atoms with E-state index >= 15 is 0 Å². The molecule has 1 aromatic heterocycles. The van der Waals surface area contributed by atoms with Crippen LogP contribution in [0.5, 0.6) is 0 Å². The SMILES string of the molecule is CCCN(CC(F)(F)F)S(=O)(=O)c1ncccc1F. The predicted molar refractivity (Wildman–Crippen MR) is 59.3 cm³/mol. The summed E-state index contributed by atoms with van der Waals surface area (Å²) < 4.78 is 74.5. The fourth-order valence-corrected chi connectivity index (χ4v) is 2.91. The number of hydrogen-bond donors (Lipinski definition) is 0. The number of halogens is 4. The lowest BCUT2D eigenvalue weighted by Gasteiger charge is -2.22. The van der Waals surface area contributed by atoms with Crippen molar-refractivity contribution in [3.63, 3.8) is 0 Å². The number of nitrogens with zero attached hydrogens (tertiary/aromatic N) is 2. The van der Waals surface area contributed by atoms with Crippen molar-refractivity contribution in [2.75, 3.05) is 13.1 Å². The van der Waals surface area contributed by atoms with E-state index in [-0.39, 0.29) is 17.3 Å². The van der Waals surface area contributed by atoms with Gasteiger partial charge in [0.25, 0.3) is 10.0 Å². The Morgan fingerprint density at radius 1 is 1.37 bits per heavy atom. The largest absolute Gasteiger partial charge is 0.402 e. The van der Waals surface area contributed by atoms with Crippen molar-refractivity contribution >= 4 is 10.0 Å². The molecule has 0 saturated carbocycles. The molecule has 1 rings (SSSR count). The molecule has 108 valence electrons. The molecule has 0 aromatic carbocycles. The zero-order valence-electron chi connectivity index (χ0n) is 9.98. The Kier molecular flexibility index (Phi) is 4.86. The van der Waals surface area contributed by atoms with Crippen LogP contribution in [-0.4, -0.2) is 37.0 Å². The molecular weight excluding hydrogens is 288 g/mol. The Hall–Kier alpha value is -1.22. The van der Waals surface area contributed by atoms with Crippen LogP contribution in [0.3, 0.4) is 0 Å². The quantitative estimate of drug-likeness (QED) is 0.783. The average Bonchev–Trinajstić information content (AvgIpc) is 2.27. The summed E-state index contributed by atoms with van der Waals surface area (Å²) in [5.74, 6) is -1.18. The zero-order chi connectivity index (χ0) is 14.7. The molecule has 1 aromatic rings. The highest BCUT2D eigenvalue weighted by Gasteiger charge is 2.38. The Bertz CT molecular complexity index is 531. The molecule has 0 spiro atoms. The molecule has 0 amide bonds. The molecule has 1 heterocycles. The summed E-state index contributed by atoms with van der Waals surface area (Å²) in [4.78, 5) is 3.31. The molecule has 0 bridgehead atoms. The van der Waals surface area contributed by atoms with Gasteiger partial charge in [0.05, 0.1) is 0 Å². The third kappa shape index (κ3) is 4.13. The summed E-state index contributed by atoms with van der Waals surface area (Å²) >= 11 is 0. The molecule has 4 nitrogen and oxygen atoms in total. The van der Waals surface area contributed by atoms with Gasteiger partial charge in [0.15, 0.2) is 5.82 Å². The van der Waals surface area contributed by atoms with Crippen molar-refractivity contribution in [2.45, 2.75) is 24.5 Å². The molecule has 0 saturated heterocycles. The highest BCUT2D eigenvalue weighted by molar-refractivity contribution is 7.89. The Balaban J connectivity index is 3.17. The van der Waals surface area contributed by atoms with E-state index in [1.165, 1.54) is 6.92 Å². The minimum absolute atomic E-state index is 0.170. The van der Waals surface area contributed by atoms with E-state index in [0.717, 1.165) is 18.3 Å². The minimum Gasteiger partial charge on any atom is -0.241 e. The smallest absolute Gasteiger partial charge is 0.241 e. The van der Waals surface area contributed by atoms with Gasteiger partial charge in [0.1, 0.15) is 6.54 Å². The second-order valence-electron chi connectivity index (χ2n) is 3.74. The van der Waals surface area contributed by atoms with Gasteiger partial charge in [0, 0.05) is 12.7 Å². The first-order valence-electron chi connectivity index (χ1n) is 5.36.